The number of hydrogen-bond acceptors (Lipinski definition) is 1. The Morgan fingerprint density at radius 2 is 1.68 bits per heavy atom. The first-order chi connectivity index (χ1) is 8.90. The van der Waals surface area contributed by atoms with Crippen LogP contribution in [0.4, 0.5) is 13.2 Å². The molecule has 2 aromatic rings. The highest BCUT2D eigenvalue weighted by Gasteiger charge is 2.14. The van der Waals surface area contributed by atoms with Gasteiger partial charge in [-0.25, -0.2) is 18.0 Å². The molecule has 0 aliphatic heterocycles. The number of carbonyl (C=O) groups is 1. The molecule has 0 radical (unpaired) electrons. The number of hydrogen-bond donors (Lipinski definition) is 1. The topological polar surface area (TPSA) is 37.3 Å². The van der Waals surface area contributed by atoms with Crippen molar-refractivity contribution in [3.05, 3.63) is 58.9 Å². The summed E-state index contributed by atoms with van der Waals surface area (Å²) in [5.74, 6) is -3.89. The van der Waals surface area contributed by atoms with Gasteiger partial charge in [-0.05, 0) is 36.2 Å². The molecule has 0 saturated carbocycles. The van der Waals surface area contributed by atoms with E-state index in [0.717, 1.165) is 12.1 Å². The largest absolute Gasteiger partial charge is 0.478 e. The minimum atomic E-state index is -1.40. The lowest BCUT2D eigenvalue weighted by Gasteiger charge is -2.07. The van der Waals surface area contributed by atoms with Crippen molar-refractivity contribution in [3.63, 3.8) is 0 Å². The summed E-state index contributed by atoms with van der Waals surface area (Å²) in [4.78, 5) is 10.7. The fraction of sp³-hybridized carbons (Fsp3) is 0.0714. The molecule has 1 N–H and O–H groups in total. The van der Waals surface area contributed by atoms with Crippen molar-refractivity contribution in [1.29, 1.82) is 0 Å². The standard InChI is InChI=1S/C14H9F3O2/c1-7-4-10(13(17)6-11(7)15)8-2-3-9(14(18)19)12(16)5-8/h2-6H,1H3,(H,18,19). The van der Waals surface area contributed by atoms with Crippen LogP contribution >= 0.6 is 0 Å². The molecule has 0 aliphatic rings. The van der Waals surface area contributed by atoms with Crippen molar-refractivity contribution in [2.45, 2.75) is 6.92 Å². The fourth-order valence-electron chi connectivity index (χ4n) is 1.73. The molecule has 0 amide bonds. The van der Waals surface area contributed by atoms with Gasteiger partial charge in [0.25, 0.3) is 0 Å². The Hall–Kier alpha value is -2.30. The summed E-state index contributed by atoms with van der Waals surface area (Å²) in [5.41, 5.74) is -0.0973. The summed E-state index contributed by atoms with van der Waals surface area (Å²) in [5, 5.41) is 8.70. The Morgan fingerprint density at radius 3 is 2.26 bits per heavy atom. The Bertz CT molecular complexity index is 666. The normalized spacial score (nSPS) is 10.5. The SMILES string of the molecule is Cc1cc(-c2ccc(C(=O)O)c(F)c2)c(F)cc1F. The number of aromatic carboxylic acids is 1. The van der Waals surface area contributed by atoms with Crippen LogP contribution in [0.15, 0.2) is 30.3 Å². The Kier molecular flexibility index (Phi) is 3.29. The smallest absolute Gasteiger partial charge is 0.338 e. The molecule has 19 heavy (non-hydrogen) atoms. The third-order valence-electron chi connectivity index (χ3n) is 2.76. The van der Waals surface area contributed by atoms with Crippen molar-refractivity contribution in [3.8, 4) is 11.1 Å². The third-order valence-corrected chi connectivity index (χ3v) is 2.76. The van der Waals surface area contributed by atoms with Gasteiger partial charge in [0.2, 0.25) is 0 Å². The van der Waals surface area contributed by atoms with Crippen LogP contribution in [0.2, 0.25) is 0 Å². The van der Waals surface area contributed by atoms with E-state index in [1.54, 1.807) is 0 Å². The van der Waals surface area contributed by atoms with Crippen LogP contribution in [0.1, 0.15) is 15.9 Å². The number of halogens is 3. The lowest BCUT2D eigenvalue weighted by atomic mass is 10.0. The second-order valence-corrected chi connectivity index (χ2v) is 4.08. The summed E-state index contributed by atoms with van der Waals surface area (Å²) >= 11 is 0. The maximum absolute atomic E-state index is 13.6. The molecule has 5 heteroatoms. The minimum absolute atomic E-state index is 0.0229. The molecule has 0 spiro atoms. The van der Waals surface area contributed by atoms with E-state index < -0.39 is 29.0 Å². The zero-order chi connectivity index (χ0) is 14.2. The van der Waals surface area contributed by atoms with E-state index in [4.69, 9.17) is 5.11 Å². The van der Waals surface area contributed by atoms with E-state index in [0.29, 0.717) is 6.07 Å². The van der Waals surface area contributed by atoms with Crippen LogP contribution < -0.4 is 0 Å². The number of carboxylic acids is 1. The first-order valence-corrected chi connectivity index (χ1v) is 5.39. The van der Waals surface area contributed by atoms with E-state index in [1.807, 2.05) is 0 Å². The maximum atomic E-state index is 13.6. The van der Waals surface area contributed by atoms with Gasteiger partial charge >= 0.3 is 5.97 Å². The highest BCUT2D eigenvalue weighted by atomic mass is 19.1. The first-order valence-electron chi connectivity index (χ1n) is 5.39. The Balaban J connectivity index is 2.57. The van der Waals surface area contributed by atoms with Crippen LogP contribution in [0.25, 0.3) is 11.1 Å². The molecule has 0 aromatic heterocycles. The van der Waals surface area contributed by atoms with Crippen LogP contribution in [0, 0.1) is 24.4 Å². The lowest BCUT2D eigenvalue weighted by Crippen LogP contribution is -2.00. The average molecular weight is 266 g/mol. The zero-order valence-corrected chi connectivity index (χ0v) is 9.88. The summed E-state index contributed by atoms with van der Waals surface area (Å²) in [6.07, 6.45) is 0. The van der Waals surface area contributed by atoms with E-state index in [-0.39, 0.29) is 16.7 Å². The van der Waals surface area contributed by atoms with Crippen molar-refractivity contribution in [2.24, 2.45) is 0 Å². The first kappa shape index (κ1) is 13.1. The average Bonchev–Trinajstić information content (AvgIpc) is 2.33. The molecule has 0 saturated heterocycles. The Labute approximate surface area is 107 Å². The van der Waals surface area contributed by atoms with Crippen LogP contribution in [-0.4, -0.2) is 11.1 Å². The molecule has 0 heterocycles. The molecule has 2 aromatic carbocycles. The van der Waals surface area contributed by atoms with E-state index in [2.05, 4.69) is 0 Å². The second kappa shape index (κ2) is 4.76. The quantitative estimate of drug-likeness (QED) is 0.898. The van der Waals surface area contributed by atoms with Gasteiger partial charge in [0.05, 0.1) is 5.56 Å². The summed E-state index contributed by atoms with van der Waals surface area (Å²) in [6.45, 7) is 1.46. The van der Waals surface area contributed by atoms with Crippen LogP contribution in [0.3, 0.4) is 0 Å². The second-order valence-electron chi connectivity index (χ2n) is 4.08. The van der Waals surface area contributed by atoms with Crippen LogP contribution in [-0.2, 0) is 0 Å². The molecule has 2 nitrogen and oxygen atoms in total. The van der Waals surface area contributed by atoms with E-state index >= 15 is 0 Å². The van der Waals surface area contributed by atoms with Crippen LogP contribution in [0.5, 0.6) is 0 Å². The molecule has 0 bridgehead atoms. The molecule has 98 valence electrons. The van der Waals surface area contributed by atoms with Gasteiger partial charge in [0.15, 0.2) is 0 Å². The summed E-state index contributed by atoms with van der Waals surface area (Å²) in [7, 11) is 0. The minimum Gasteiger partial charge on any atom is -0.478 e. The predicted octanol–water partition coefficient (Wildman–Crippen LogP) is 3.78. The predicted molar refractivity (Wildman–Crippen MR) is 63.4 cm³/mol. The monoisotopic (exact) mass is 266 g/mol. The molecule has 0 aliphatic carbocycles. The number of benzene rings is 2. The summed E-state index contributed by atoms with van der Waals surface area (Å²) in [6, 6.07) is 5.21. The van der Waals surface area contributed by atoms with Gasteiger partial charge < -0.3 is 5.11 Å². The van der Waals surface area contributed by atoms with Gasteiger partial charge in [-0.1, -0.05) is 6.07 Å². The Morgan fingerprint density at radius 1 is 1.00 bits per heavy atom. The maximum Gasteiger partial charge on any atom is 0.338 e. The molecule has 0 atom stereocenters. The van der Waals surface area contributed by atoms with Gasteiger partial charge in [-0.2, -0.15) is 0 Å². The van der Waals surface area contributed by atoms with E-state index in [1.165, 1.54) is 19.1 Å². The molecule has 2 rings (SSSR count). The lowest BCUT2D eigenvalue weighted by molar-refractivity contribution is 0.0692. The summed E-state index contributed by atoms with van der Waals surface area (Å²) < 4.78 is 40.3. The number of rotatable bonds is 2. The van der Waals surface area contributed by atoms with Crippen molar-refractivity contribution < 1.29 is 23.1 Å². The van der Waals surface area contributed by atoms with Gasteiger partial charge in [-0.3, -0.25) is 0 Å². The van der Waals surface area contributed by atoms with Gasteiger partial charge in [0, 0.05) is 11.6 Å². The van der Waals surface area contributed by atoms with Crippen molar-refractivity contribution in [2.75, 3.05) is 0 Å². The van der Waals surface area contributed by atoms with Crippen molar-refractivity contribution >= 4 is 5.97 Å². The zero-order valence-electron chi connectivity index (χ0n) is 9.88. The number of carboxylic acid groups (broad SMARTS) is 1. The van der Waals surface area contributed by atoms with E-state index in [9.17, 15) is 18.0 Å². The third kappa shape index (κ3) is 2.45. The highest BCUT2D eigenvalue weighted by molar-refractivity contribution is 5.88. The molecule has 0 unspecified atom stereocenters. The van der Waals surface area contributed by atoms with Gasteiger partial charge in [-0.15, -0.1) is 0 Å². The fourth-order valence-corrected chi connectivity index (χ4v) is 1.73. The van der Waals surface area contributed by atoms with Crippen molar-refractivity contribution in [1.82, 2.24) is 0 Å². The molecule has 0 fully saturated rings. The highest BCUT2D eigenvalue weighted by Crippen LogP contribution is 2.27. The van der Waals surface area contributed by atoms with Gasteiger partial charge in [0.1, 0.15) is 17.5 Å². The molecular weight excluding hydrogens is 257 g/mol. The molecular formula is C14H9F3O2. The number of aryl methyl sites for hydroxylation is 1.